The molecular weight excluding hydrogens is 319 g/mol. The van der Waals surface area contributed by atoms with Crippen LogP contribution in [0.2, 0.25) is 10.0 Å². The van der Waals surface area contributed by atoms with E-state index in [-0.39, 0.29) is 0 Å². The summed E-state index contributed by atoms with van der Waals surface area (Å²) in [5.41, 5.74) is 10.9. The molecule has 4 nitrogen and oxygen atoms in total. The van der Waals surface area contributed by atoms with Gasteiger partial charge < -0.3 is 20.9 Å². The lowest BCUT2D eigenvalue weighted by Gasteiger charge is -2.16. The first-order valence-corrected chi connectivity index (χ1v) is 7.74. The quantitative estimate of drug-likeness (QED) is 0.850. The molecule has 110 valence electrons. The van der Waals surface area contributed by atoms with Crippen molar-refractivity contribution in [3.8, 4) is 11.5 Å². The van der Waals surface area contributed by atoms with Gasteiger partial charge in [0.2, 0.25) is 0 Å². The molecule has 7 heteroatoms. The van der Waals surface area contributed by atoms with Gasteiger partial charge in [0.05, 0.1) is 9.72 Å². The first kappa shape index (κ1) is 15.7. The largest absolute Gasteiger partial charge is 0.487 e. The molecule has 0 fully saturated rings. The topological polar surface area (TPSA) is 70.5 Å². The van der Waals surface area contributed by atoms with E-state index in [0.29, 0.717) is 47.8 Å². The fraction of sp³-hybridized carbons (Fsp3) is 0.385. The van der Waals surface area contributed by atoms with E-state index in [4.69, 9.17) is 44.1 Å². The van der Waals surface area contributed by atoms with E-state index in [2.05, 4.69) is 0 Å². The highest BCUT2D eigenvalue weighted by Crippen LogP contribution is 2.49. The van der Waals surface area contributed by atoms with E-state index in [0.717, 1.165) is 15.0 Å². The van der Waals surface area contributed by atoms with Gasteiger partial charge in [-0.05, 0) is 13.0 Å². The second-order valence-corrected chi connectivity index (χ2v) is 6.17. The number of rotatable bonds is 6. The van der Waals surface area contributed by atoms with Crippen LogP contribution in [0.1, 0.15) is 4.88 Å². The molecule has 0 saturated heterocycles. The number of ether oxygens (including phenoxy) is 2. The summed E-state index contributed by atoms with van der Waals surface area (Å²) < 4.78 is 12.1. The lowest BCUT2D eigenvalue weighted by molar-refractivity contribution is 0.279. The molecule has 1 heterocycles. The van der Waals surface area contributed by atoms with Crippen molar-refractivity contribution in [3.63, 3.8) is 0 Å². The number of halogens is 2. The van der Waals surface area contributed by atoms with Crippen molar-refractivity contribution in [2.45, 2.75) is 6.92 Å². The van der Waals surface area contributed by atoms with Gasteiger partial charge in [0, 0.05) is 23.4 Å². The Morgan fingerprint density at radius 3 is 2.15 bits per heavy atom. The van der Waals surface area contributed by atoms with Crippen molar-refractivity contribution in [2.24, 2.45) is 11.5 Å². The van der Waals surface area contributed by atoms with Gasteiger partial charge in [0.1, 0.15) is 18.2 Å². The smallest absolute Gasteiger partial charge is 0.182 e. The molecule has 1 aromatic heterocycles. The Balaban J connectivity index is 2.60. The van der Waals surface area contributed by atoms with Crippen LogP contribution in [0.15, 0.2) is 6.07 Å². The minimum absolute atomic E-state index is 0.337. The van der Waals surface area contributed by atoms with E-state index in [1.54, 1.807) is 11.3 Å². The lowest BCUT2D eigenvalue weighted by Crippen LogP contribution is -2.14. The Kier molecular flexibility index (Phi) is 5.35. The summed E-state index contributed by atoms with van der Waals surface area (Å²) >= 11 is 14.4. The highest BCUT2D eigenvalue weighted by Gasteiger charge is 2.21. The molecule has 0 atom stereocenters. The summed E-state index contributed by atoms with van der Waals surface area (Å²) in [4.78, 5) is 1.12. The number of hydrogen-bond acceptors (Lipinski definition) is 5. The fourth-order valence-corrected chi connectivity index (χ4v) is 3.50. The maximum Gasteiger partial charge on any atom is 0.182 e. The highest BCUT2D eigenvalue weighted by molar-refractivity contribution is 7.19. The maximum absolute atomic E-state index is 6.42. The van der Waals surface area contributed by atoms with Crippen LogP contribution in [-0.2, 0) is 0 Å². The van der Waals surface area contributed by atoms with Gasteiger partial charge in [-0.2, -0.15) is 0 Å². The number of thiophene rings is 1. The van der Waals surface area contributed by atoms with Gasteiger partial charge in [-0.25, -0.2) is 0 Å². The molecule has 0 bridgehead atoms. The van der Waals surface area contributed by atoms with Crippen LogP contribution in [0.25, 0.3) is 10.1 Å². The first-order chi connectivity index (χ1) is 9.60. The summed E-state index contributed by atoms with van der Waals surface area (Å²) in [5, 5.41) is 1.86. The van der Waals surface area contributed by atoms with E-state index < -0.39 is 0 Å². The lowest BCUT2D eigenvalue weighted by atomic mass is 10.2. The zero-order valence-electron chi connectivity index (χ0n) is 11.0. The minimum atomic E-state index is 0.337. The molecule has 0 amide bonds. The molecule has 0 unspecified atom stereocenters. The average molecular weight is 335 g/mol. The SMILES string of the molecule is Cc1cc2c(Cl)c(OCCN)c(OCCN)c(Cl)c2s1. The van der Waals surface area contributed by atoms with Crippen LogP contribution in [0.4, 0.5) is 0 Å². The predicted octanol–water partition coefficient (Wildman–Crippen LogP) is 3.19. The van der Waals surface area contributed by atoms with Gasteiger partial charge in [-0.1, -0.05) is 23.2 Å². The van der Waals surface area contributed by atoms with Crippen molar-refractivity contribution in [3.05, 3.63) is 21.0 Å². The van der Waals surface area contributed by atoms with Gasteiger partial charge in [-0.15, -0.1) is 11.3 Å². The van der Waals surface area contributed by atoms with Crippen molar-refractivity contribution in [1.29, 1.82) is 0 Å². The number of fused-ring (bicyclic) bond motifs is 1. The predicted molar refractivity (Wildman–Crippen MR) is 85.7 cm³/mol. The molecule has 20 heavy (non-hydrogen) atoms. The number of benzene rings is 1. The van der Waals surface area contributed by atoms with Crippen LogP contribution in [0.5, 0.6) is 11.5 Å². The first-order valence-electron chi connectivity index (χ1n) is 6.17. The van der Waals surface area contributed by atoms with Crippen molar-refractivity contribution in [2.75, 3.05) is 26.3 Å². The van der Waals surface area contributed by atoms with E-state index >= 15 is 0 Å². The third kappa shape index (κ3) is 2.97. The van der Waals surface area contributed by atoms with Crippen molar-refractivity contribution >= 4 is 44.6 Å². The van der Waals surface area contributed by atoms with Gasteiger partial charge >= 0.3 is 0 Å². The Morgan fingerprint density at radius 1 is 1.05 bits per heavy atom. The van der Waals surface area contributed by atoms with E-state index in [9.17, 15) is 0 Å². The molecule has 4 N–H and O–H groups in total. The summed E-state index contributed by atoms with van der Waals surface area (Å²) in [6, 6.07) is 1.98. The third-order valence-electron chi connectivity index (χ3n) is 2.62. The fourth-order valence-electron chi connectivity index (χ4n) is 1.84. The summed E-state index contributed by atoms with van der Waals surface area (Å²) in [6.07, 6.45) is 0. The standard InChI is InChI=1S/C13H16Cl2N2O2S/c1-7-6-8-9(14)11(18-4-2-16)12(19-5-3-17)10(15)13(8)20-7/h6H,2-5,16-17H2,1H3. The molecule has 1 aromatic carbocycles. The Labute approximate surface area is 131 Å². The number of aryl methyl sites for hydroxylation is 1. The summed E-state index contributed by atoms with van der Waals surface area (Å²) in [6.45, 7) is 3.43. The van der Waals surface area contributed by atoms with Crippen molar-refractivity contribution < 1.29 is 9.47 Å². The Morgan fingerprint density at radius 2 is 1.60 bits per heavy atom. The van der Waals surface area contributed by atoms with Crippen LogP contribution in [-0.4, -0.2) is 26.3 Å². The molecule has 2 aromatic rings. The van der Waals surface area contributed by atoms with E-state index in [1.165, 1.54) is 0 Å². The normalized spacial score (nSPS) is 11.1. The number of nitrogens with two attached hydrogens (primary N) is 2. The molecule has 0 saturated carbocycles. The molecule has 0 aliphatic rings. The zero-order chi connectivity index (χ0) is 14.7. The number of hydrogen-bond donors (Lipinski definition) is 2. The van der Waals surface area contributed by atoms with E-state index in [1.807, 2.05) is 13.0 Å². The average Bonchev–Trinajstić information content (AvgIpc) is 2.82. The van der Waals surface area contributed by atoms with Gasteiger partial charge in [0.15, 0.2) is 11.5 Å². The van der Waals surface area contributed by atoms with Crippen molar-refractivity contribution in [1.82, 2.24) is 0 Å². The van der Waals surface area contributed by atoms with Crippen LogP contribution < -0.4 is 20.9 Å². The zero-order valence-corrected chi connectivity index (χ0v) is 13.4. The molecule has 2 rings (SSSR count). The van der Waals surface area contributed by atoms with Crippen LogP contribution in [0.3, 0.4) is 0 Å². The third-order valence-corrected chi connectivity index (χ3v) is 4.54. The molecular formula is C13H16Cl2N2O2S. The molecule has 0 aliphatic heterocycles. The van der Waals surface area contributed by atoms with Gasteiger partial charge in [0.25, 0.3) is 0 Å². The highest BCUT2D eigenvalue weighted by atomic mass is 35.5. The van der Waals surface area contributed by atoms with Crippen LogP contribution >= 0.6 is 34.5 Å². The minimum Gasteiger partial charge on any atom is -0.487 e. The maximum atomic E-state index is 6.42. The Bertz CT molecular complexity index is 565. The van der Waals surface area contributed by atoms with Gasteiger partial charge in [-0.3, -0.25) is 0 Å². The Hall–Kier alpha value is -0.720. The monoisotopic (exact) mass is 334 g/mol. The second-order valence-electron chi connectivity index (χ2n) is 4.16. The summed E-state index contributed by atoms with van der Waals surface area (Å²) in [7, 11) is 0. The molecule has 0 spiro atoms. The second kappa shape index (κ2) is 6.83. The van der Waals surface area contributed by atoms with Crippen LogP contribution in [0, 0.1) is 6.92 Å². The molecule has 0 aliphatic carbocycles. The molecule has 0 radical (unpaired) electrons. The summed E-state index contributed by atoms with van der Waals surface area (Å²) in [5.74, 6) is 0.866.